The summed E-state index contributed by atoms with van der Waals surface area (Å²) >= 11 is 12.0. The third kappa shape index (κ3) is 5.19. The Morgan fingerprint density at radius 2 is 1.84 bits per heavy atom. The van der Waals surface area contributed by atoms with E-state index in [0.717, 1.165) is 11.3 Å². The molecule has 0 unspecified atom stereocenters. The Bertz CT molecular complexity index is 1260. The summed E-state index contributed by atoms with van der Waals surface area (Å²) in [4.78, 5) is 29.4. The number of rotatable bonds is 7. The number of para-hydroxylation sites is 1. The maximum atomic E-state index is 12.7. The first-order chi connectivity index (χ1) is 15.5. The second-order valence-corrected chi connectivity index (χ2v) is 7.68. The van der Waals surface area contributed by atoms with Crippen molar-refractivity contribution in [2.75, 3.05) is 11.9 Å². The Kier molecular flexibility index (Phi) is 6.58. The maximum Gasteiger partial charge on any atom is 0.255 e. The molecule has 2 heterocycles. The fraction of sp³-hybridized carbons (Fsp3) is 0.0870. The summed E-state index contributed by atoms with van der Waals surface area (Å²) in [5.41, 5.74) is 2.21. The summed E-state index contributed by atoms with van der Waals surface area (Å²) in [7, 11) is 0. The van der Waals surface area contributed by atoms with E-state index in [4.69, 9.17) is 27.9 Å². The quantitative estimate of drug-likeness (QED) is 0.415. The fourth-order valence-electron chi connectivity index (χ4n) is 3.03. The van der Waals surface area contributed by atoms with E-state index in [1.165, 1.54) is 6.07 Å². The number of pyridine rings is 1. The van der Waals surface area contributed by atoms with Crippen LogP contribution in [-0.2, 0) is 11.4 Å². The van der Waals surface area contributed by atoms with Crippen LogP contribution in [0.25, 0.3) is 5.65 Å². The van der Waals surface area contributed by atoms with E-state index in [2.05, 4.69) is 15.6 Å². The van der Waals surface area contributed by atoms with Crippen molar-refractivity contribution in [3.05, 3.63) is 94.4 Å². The number of nitrogens with zero attached hydrogens (tertiary/aromatic N) is 2. The number of carbonyl (C=O) groups excluding carboxylic acids is 2. The van der Waals surface area contributed by atoms with Crippen LogP contribution in [0, 0.1) is 0 Å². The SMILES string of the molecule is O=C(CNC(=O)c1ccccc1OCc1cn2ccccc2n1)Nc1cc(Cl)ccc1Cl. The predicted octanol–water partition coefficient (Wildman–Crippen LogP) is 4.59. The van der Waals surface area contributed by atoms with Crippen LogP contribution in [0.15, 0.2) is 73.1 Å². The van der Waals surface area contributed by atoms with Gasteiger partial charge in [-0.3, -0.25) is 9.59 Å². The van der Waals surface area contributed by atoms with Crippen LogP contribution in [0.3, 0.4) is 0 Å². The van der Waals surface area contributed by atoms with E-state index in [1.54, 1.807) is 36.4 Å². The molecule has 2 N–H and O–H groups in total. The van der Waals surface area contributed by atoms with Gasteiger partial charge in [-0.05, 0) is 42.5 Å². The van der Waals surface area contributed by atoms with Gasteiger partial charge < -0.3 is 19.8 Å². The van der Waals surface area contributed by atoms with Crippen molar-refractivity contribution in [1.29, 1.82) is 0 Å². The molecule has 2 aromatic carbocycles. The van der Waals surface area contributed by atoms with Crippen LogP contribution in [0.2, 0.25) is 10.0 Å². The molecule has 2 amide bonds. The van der Waals surface area contributed by atoms with E-state index >= 15 is 0 Å². The maximum absolute atomic E-state index is 12.7. The van der Waals surface area contributed by atoms with Crippen LogP contribution < -0.4 is 15.4 Å². The molecule has 0 saturated carbocycles. The minimum absolute atomic E-state index is 0.194. The number of aromatic nitrogens is 2. The van der Waals surface area contributed by atoms with Gasteiger partial charge in [0.15, 0.2) is 0 Å². The van der Waals surface area contributed by atoms with Gasteiger partial charge in [0.2, 0.25) is 5.91 Å². The third-order valence-electron chi connectivity index (χ3n) is 4.53. The van der Waals surface area contributed by atoms with Gasteiger partial charge >= 0.3 is 0 Å². The van der Waals surface area contributed by atoms with E-state index in [1.807, 2.05) is 35.0 Å². The van der Waals surface area contributed by atoms with Crippen molar-refractivity contribution in [1.82, 2.24) is 14.7 Å². The molecule has 2 aromatic heterocycles. The summed E-state index contributed by atoms with van der Waals surface area (Å²) in [6.45, 7) is -0.0534. The van der Waals surface area contributed by atoms with Crippen LogP contribution in [0.4, 0.5) is 5.69 Å². The lowest BCUT2D eigenvalue weighted by Gasteiger charge is -2.12. The number of nitrogens with one attached hydrogen (secondary N) is 2. The summed E-state index contributed by atoms with van der Waals surface area (Å²) in [5.74, 6) is -0.492. The van der Waals surface area contributed by atoms with E-state index in [-0.39, 0.29) is 13.2 Å². The summed E-state index contributed by atoms with van der Waals surface area (Å²) in [6.07, 6.45) is 3.76. The van der Waals surface area contributed by atoms with E-state index in [0.29, 0.717) is 27.0 Å². The van der Waals surface area contributed by atoms with Crippen LogP contribution >= 0.6 is 23.2 Å². The van der Waals surface area contributed by atoms with Crippen molar-refractivity contribution >= 4 is 46.4 Å². The Hall–Kier alpha value is -3.55. The van der Waals surface area contributed by atoms with Crippen molar-refractivity contribution in [2.45, 2.75) is 6.61 Å². The molecule has 0 spiro atoms. The molecule has 0 bridgehead atoms. The van der Waals surface area contributed by atoms with E-state index in [9.17, 15) is 9.59 Å². The number of anilines is 1. The number of amides is 2. The highest BCUT2D eigenvalue weighted by Crippen LogP contribution is 2.25. The molecule has 4 rings (SSSR count). The normalized spacial score (nSPS) is 10.7. The zero-order chi connectivity index (χ0) is 22.5. The lowest BCUT2D eigenvalue weighted by molar-refractivity contribution is -0.115. The van der Waals surface area contributed by atoms with Crippen molar-refractivity contribution in [3.63, 3.8) is 0 Å². The molecule has 9 heteroatoms. The molecule has 0 saturated heterocycles. The van der Waals surface area contributed by atoms with Gasteiger partial charge in [0, 0.05) is 17.4 Å². The van der Waals surface area contributed by atoms with E-state index < -0.39 is 11.8 Å². The number of benzene rings is 2. The number of imidazole rings is 1. The zero-order valence-electron chi connectivity index (χ0n) is 16.7. The first-order valence-corrected chi connectivity index (χ1v) is 10.4. The van der Waals surface area contributed by atoms with Gasteiger partial charge in [-0.1, -0.05) is 41.4 Å². The molecular formula is C23H18Cl2N4O3. The van der Waals surface area contributed by atoms with Crippen LogP contribution in [0.5, 0.6) is 5.75 Å². The second kappa shape index (κ2) is 9.72. The van der Waals surface area contributed by atoms with Gasteiger partial charge in [-0.2, -0.15) is 0 Å². The average Bonchev–Trinajstić information content (AvgIpc) is 3.22. The molecular weight excluding hydrogens is 451 g/mol. The number of hydrogen-bond donors (Lipinski definition) is 2. The minimum Gasteiger partial charge on any atom is -0.486 e. The smallest absolute Gasteiger partial charge is 0.255 e. The molecule has 0 aliphatic heterocycles. The number of ether oxygens (including phenoxy) is 1. The summed E-state index contributed by atoms with van der Waals surface area (Å²) in [6, 6.07) is 17.2. The van der Waals surface area contributed by atoms with Gasteiger partial charge in [0.25, 0.3) is 5.91 Å². The average molecular weight is 469 g/mol. The second-order valence-electron chi connectivity index (χ2n) is 6.84. The fourth-order valence-corrected chi connectivity index (χ4v) is 3.37. The third-order valence-corrected chi connectivity index (χ3v) is 5.10. The Labute approximate surface area is 193 Å². The first kappa shape index (κ1) is 21.7. The minimum atomic E-state index is -0.442. The van der Waals surface area contributed by atoms with Crippen LogP contribution in [-0.4, -0.2) is 27.7 Å². The molecule has 0 fully saturated rings. The molecule has 32 heavy (non-hydrogen) atoms. The molecule has 4 aromatic rings. The van der Waals surface area contributed by atoms with Gasteiger partial charge in [0.1, 0.15) is 18.0 Å². The predicted molar refractivity (Wildman–Crippen MR) is 123 cm³/mol. The number of halogens is 2. The van der Waals surface area contributed by atoms with Gasteiger partial charge in [0.05, 0.1) is 28.5 Å². The molecule has 0 aliphatic carbocycles. The monoisotopic (exact) mass is 468 g/mol. The zero-order valence-corrected chi connectivity index (χ0v) is 18.2. The van der Waals surface area contributed by atoms with Gasteiger partial charge in [-0.15, -0.1) is 0 Å². The summed E-state index contributed by atoms with van der Waals surface area (Å²) < 4.78 is 7.73. The van der Waals surface area contributed by atoms with Crippen molar-refractivity contribution < 1.29 is 14.3 Å². The van der Waals surface area contributed by atoms with Crippen LogP contribution in [0.1, 0.15) is 16.1 Å². The number of fused-ring (bicyclic) bond motifs is 1. The standard InChI is InChI=1S/C23H18Cl2N4O3/c24-15-8-9-18(25)19(11-15)28-22(30)12-26-23(31)17-5-1-2-6-20(17)32-14-16-13-29-10-4-3-7-21(29)27-16/h1-11,13H,12,14H2,(H,26,31)(H,28,30). The Balaban J connectivity index is 1.37. The highest BCUT2D eigenvalue weighted by molar-refractivity contribution is 6.35. The van der Waals surface area contributed by atoms with Gasteiger partial charge in [-0.25, -0.2) is 4.98 Å². The molecule has 162 valence electrons. The number of carbonyl (C=O) groups is 2. The first-order valence-electron chi connectivity index (χ1n) is 9.67. The highest BCUT2D eigenvalue weighted by atomic mass is 35.5. The Morgan fingerprint density at radius 3 is 2.69 bits per heavy atom. The topological polar surface area (TPSA) is 84.7 Å². The van der Waals surface area contributed by atoms with Crippen molar-refractivity contribution in [3.8, 4) is 5.75 Å². The number of hydrogen-bond acceptors (Lipinski definition) is 4. The highest BCUT2D eigenvalue weighted by Gasteiger charge is 2.15. The lowest BCUT2D eigenvalue weighted by atomic mass is 10.2. The summed E-state index contributed by atoms with van der Waals surface area (Å²) in [5, 5.41) is 5.99. The molecule has 7 nitrogen and oxygen atoms in total. The lowest BCUT2D eigenvalue weighted by Crippen LogP contribution is -2.33. The van der Waals surface area contributed by atoms with Crippen molar-refractivity contribution in [2.24, 2.45) is 0 Å². The molecule has 0 radical (unpaired) electrons. The molecule has 0 aliphatic rings. The Morgan fingerprint density at radius 1 is 1.03 bits per heavy atom. The largest absolute Gasteiger partial charge is 0.486 e. The molecule has 0 atom stereocenters.